The molecule has 2 aromatic rings. The van der Waals surface area contributed by atoms with Gasteiger partial charge in [-0.1, -0.05) is 51.8 Å². The second kappa shape index (κ2) is 10.3. The summed E-state index contributed by atoms with van der Waals surface area (Å²) in [7, 11) is 0. The Bertz CT molecular complexity index is 695. The molecule has 0 aliphatic carbocycles. The Balaban J connectivity index is 1.60. The summed E-state index contributed by atoms with van der Waals surface area (Å²) in [6.07, 6.45) is 0.672. The number of rotatable bonds is 8. The summed E-state index contributed by atoms with van der Waals surface area (Å²) in [5.41, 5.74) is 1.82. The van der Waals surface area contributed by atoms with Crippen molar-refractivity contribution in [2.75, 3.05) is 13.2 Å². The van der Waals surface area contributed by atoms with Crippen molar-refractivity contribution in [2.45, 2.75) is 19.6 Å². The number of nitrogens with one attached hydrogen (secondary N) is 2. The first-order chi connectivity index (χ1) is 12.1. The first-order valence-electron chi connectivity index (χ1n) is 7.86. The number of aliphatic hydroxyl groups is 1. The van der Waals surface area contributed by atoms with Gasteiger partial charge in [0.1, 0.15) is 5.75 Å². The minimum Gasteiger partial charge on any atom is -0.492 e. The smallest absolute Gasteiger partial charge is 0.315 e. The van der Waals surface area contributed by atoms with Crippen LogP contribution >= 0.6 is 27.5 Å². The Morgan fingerprint density at radius 1 is 1.12 bits per heavy atom. The van der Waals surface area contributed by atoms with E-state index in [9.17, 15) is 4.79 Å². The molecule has 0 fully saturated rings. The second-order valence-corrected chi connectivity index (χ2v) is 6.68. The average molecular weight is 428 g/mol. The summed E-state index contributed by atoms with van der Waals surface area (Å²) >= 11 is 9.40. The number of carbonyl (C=O) groups is 1. The first kappa shape index (κ1) is 19.6. The quantitative estimate of drug-likeness (QED) is 0.560. The summed E-state index contributed by atoms with van der Waals surface area (Å²) in [6, 6.07) is 12.6. The van der Waals surface area contributed by atoms with Gasteiger partial charge in [0.15, 0.2) is 0 Å². The fraction of sp³-hybridized carbons (Fsp3) is 0.278. The minimum absolute atomic E-state index is 0.0156. The standard InChI is InChI=1S/C18H20BrClN2O3/c19-15-6-7-17(16(20)10-15)25-9-1-8-21-18(24)22-11-13-2-4-14(12-23)5-3-13/h2-7,10,23H,1,8-9,11-12H2,(H2,21,22,24). The highest BCUT2D eigenvalue weighted by Crippen LogP contribution is 2.27. The Hall–Kier alpha value is -1.76. The number of hydrogen-bond acceptors (Lipinski definition) is 3. The zero-order valence-corrected chi connectivity index (χ0v) is 15.9. The van der Waals surface area contributed by atoms with E-state index >= 15 is 0 Å². The van der Waals surface area contributed by atoms with Crippen molar-refractivity contribution in [3.63, 3.8) is 0 Å². The Morgan fingerprint density at radius 3 is 2.52 bits per heavy atom. The van der Waals surface area contributed by atoms with Gasteiger partial charge in [-0.3, -0.25) is 0 Å². The summed E-state index contributed by atoms with van der Waals surface area (Å²) < 4.78 is 6.48. The number of urea groups is 1. The van der Waals surface area contributed by atoms with Gasteiger partial charge >= 0.3 is 6.03 Å². The van der Waals surface area contributed by atoms with E-state index in [1.807, 2.05) is 30.3 Å². The molecule has 0 aliphatic rings. The van der Waals surface area contributed by atoms with Crippen LogP contribution in [0.1, 0.15) is 17.5 Å². The highest BCUT2D eigenvalue weighted by Gasteiger charge is 2.03. The highest BCUT2D eigenvalue weighted by atomic mass is 79.9. The molecule has 0 saturated heterocycles. The molecule has 5 nitrogen and oxygen atoms in total. The third-order valence-electron chi connectivity index (χ3n) is 3.42. The van der Waals surface area contributed by atoms with Crippen LogP contribution in [-0.2, 0) is 13.2 Å². The minimum atomic E-state index is -0.229. The van der Waals surface area contributed by atoms with Crippen LogP contribution in [0.25, 0.3) is 0 Å². The van der Waals surface area contributed by atoms with E-state index in [1.165, 1.54) is 0 Å². The lowest BCUT2D eigenvalue weighted by Crippen LogP contribution is -2.36. The van der Waals surface area contributed by atoms with Gasteiger partial charge in [0, 0.05) is 17.6 Å². The van der Waals surface area contributed by atoms with Crippen molar-refractivity contribution in [1.29, 1.82) is 0 Å². The molecule has 0 atom stereocenters. The predicted octanol–water partition coefficient (Wildman–Crippen LogP) is 3.86. The van der Waals surface area contributed by atoms with E-state index in [0.29, 0.717) is 36.9 Å². The van der Waals surface area contributed by atoms with E-state index in [1.54, 1.807) is 12.1 Å². The molecule has 0 heterocycles. The lowest BCUT2D eigenvalue weighted by atomic mass is 10.1. The van der Waals surface area contributed by atoms with E-state index in [4.69, 9.17) is 21.4 Å². The van der Waals surface area contributed by atoms with E-state index < -0.39 is 0 Å². The van der Waals surface area contributed by atoms with Crippen LogP contribution < -0.4 is 15.4 Å². The lowest BCUT2D eigenvalue weighted by Gasteiger charge is -2.10. The number of ether oxygens (including phenoxy) is 1. The van der Waals surface area contributed by atoms with Crippen LogP contribution in [0.5, 0.6) is 5.75 Å². The van der Waals surface area contributed by atoms with Crippen molar-refractivity contribution in [1.82, 2.24) is 10.6 Å². The maximum absolute atomic E-state index is 11.7. The summed E-state index contributed by atoms with van der Waals surface area (Å²) in [6.45, 7) is 1.41. The molecule has 3 N–H and O–H groups in total. The maximum atomic E-state index is 11.7. The molecule has 0 radical (unpaired) electrons. The fourth-order valence-corrected chi connectivity index (χ4v) is 2.78. The monoisotopic (exact) mass is 426 g/mol. The number of amides is 2. The number of halogens is 2. The SMILES string of the molecule is O=C(NCCCOc1ccc(Br)cc1Cl)NCc1ccc(CO)cc1. The molecule has 0 saturated carbocycles. The number of benzene rings is 2. The van der Waals surface area contributed by atoms with Gasteiger partial charge in [-0.05, 0) is 35.7 Å². The van der Waals surface area contributed by atoms with E-state index in [2.05, 4.69) is 26.6 Å². The normalized spacial score (nSPS) is 10.4. The zero-order valence-electron chi connectivity index (χ0n) is 13.6. The van der Waals surface area contributed by atoms with Crippen LogP contribution in [0, 0.1) is 0 Å². The second-order valence-electron chi connectivity index (χ2n) is 5.36. The number of aliphatic hydroxyl groups excluding tert-OH is 1. The summed E-state index contributed by atoms with van der Waals surface area (Å²) in [5.74, 6) is 0.626. The summed E-state index contributed by atoms with van der Waals surface area (Å²) in [4.78, 5) is 11.7. The van der Waals surface area contributed by atoms with Crippen LogP contribution in [0.4, 0.5) is 4.79 Å². The first-order valence-corrected chi connectivity index (χ1v) is 9.04. The third kappa shape index (κ3) is 6.94. The number of carbonyl (C=O) groups excluding carboxylic acids is 1. The van der Waals surface area contributed by atoms with Crippen molar-refractivity contribution in [3.8, 4) is 5.75 Å². The molecule has 2 rings (SSSR count). The van der Waals surface area contributed by atoms with Crippen LogP contribution in [0.2, 0.25) is 5.02 Å². The van der Waals surface area contributed by atoms with Crippen LogP contribution in [0.15, 0.2) is 46.9 Å². The molecular weight excluding hydrogens is 408 g/mol. The van der Waals surface area contributed by atoms with Crippen molar-refractivity contribution in [2.24, 2.45) is 0 Å². The average Bonchev–Trinajstić information content (AvgIpc) is 2.61. The van der Waals surface area contributed by atoms with Crippen molar-refractivity contribution < 1.29 is 14.6 Å². The topological polar surface area (TPSA) is 70.6 Å². The largest absolute Gasteiger partial charge is 0.492 e. The Morgan fingerprint density at radius 2 is 1.84 bits per heavy atom. The molecule has 0 spiro atoms. The Labute approximate surface area is 160 Å². The molecular formula is C18H20BrClN2O3. The predicted molar refractivity (Wildman–Crippen MR) is 102 cm³/mol. The fourth-order valence-electron chi connectivity index (χ4n) is 2.06. The molecule has 0 unspecified atom stereocenters. The maximum Gasteiger partial charge on any atom is 0.315 e. The third-order valence-corrected chi connectivity index (χ3v) is 4.21. The molecule has 2 amide bonds. The zero-order chi connectivity index (χ0) is 18.1. The summed E-state index contributed by atoms with van der Waals surface area (Å²) in [5, 5.41) is 15.1. The molecule has 25 heavy (non-hydrogen) atoms. The van der Waals surface area contributed by atoms with Crippen LogP contribution in [0.3, 0.4) is 0 Å². The van der Waals surface area contributed by atoms with Gasteiger partial charge in [-0.25, -0.2) is 4.79 Å². The molecule has 0 aliphatic heterocycles. The Kier molecular flexibility index (Phi) is 8.04. The van der Waals surface area contributed by atoms with Gasteiger partial charge in [0.25, 0.3) is 0 Å². The molecule has 7 heteroatoms. The van der Waals surface area contributed by atoms with Crippen molar-refractivity contribution in [3.05, 3.63) is 63.1 Å². The van der Waals surface area contributed by atoms with Gasteiger partial charge in [-0.2, -0.15) is 0 Å². The van der Waals surface area contributed by atoms with Crippen LogP contribution in [-0.4, -0.2) is 24.3 Å². The van der Waals surface area contributed by atoms with Crippen molar-refractivity contribution >= 4 is 33.6 Å². The van der Waals surface area contributed by atoms with Gasteiger partial charge in [0.2, 0.25) is 0 Å². The molecule has 134 valence electrons. The van der Waals surface area contributed by atoms with E-state index in [0.717, 1.165) is 15.6 Å². The highest BCUT2D eigenvalue weighted by molar-refractivity contribution is 9.10. The van der Waals surface area contributed by atoms with Gasteiger partial charge in [0.05, 0.1) is 18.2 Å². The molecule has 2 aromatic carbocycles. The lowest BCUT2D eigenvalue weighted by molar-refractivity contribution is 0.238. The molecule has 0 bridgehead atoms. The van der Waals surface area contributed by atoms with Gasteiger partial charge in [-0.15, -0.1) is 0 Å². The van der Waals surface area contributed by atoms with E-state index in [-0.39, 0.29) is 12.6 Å². The van der Waals surface area contributed by atoms with Gasteiger partial charge < -0.3 is 20.5 Å². The number of hydrogen-bond donors (Lipinski definition) is 3. The molecule has 0 aromatic heterocycles.